The molecule has 0 spiro atoms. The van der Waals surface area contributed by atoms with Crippen LogP contribution in [0, 0.1) is 0 Å². The number of nitrogens with zero attached hydrogens (tertiary/aromatic N) is 2. The monoisotopic (exact) mass is 385 g/mol. The Morgan fingerprint density at radius 3 is 2.37 bits per heavy atom. The van der Waals surface area contributed by atoms with E-state index in [0.29, 0.717) is 31.9 Å². The molecule has 0 saturated carbocycles. The van der Waals surface area contributed by atoms with Crippen LogP contribution < -0.4 is 10.2 Å². The van der Waals surface area contributed by atoms with Crippen molar-refractivity contribution in [2.75, 3.05) is 36.4 Å². The summed E-state index contributed by atoms with van der Waals surface area (Å²) in [4.78, 5) is 14.0. The quantitative estimate of drug-likeness (QED) is 0.876. The summed E-state index contributed by atoms with van der Waals surface area (Å²) in [6, 6.07) is 13.3. The zero-order valence-corrected chi connectivity index (χ0v) is 16.1. The SMILES string of the molecule is CCc1ccc(N2CCN(S(=O)(=O)c3ccc4c(c3)CC(=O)N4)CC2)cc1. The Labute approximate surface area is 159 Å². The molecular formula is C20H23N3O3S. The Bertz CT molecular complexity index is 962. The summed E-state index contributed by atoms with van der Waals surface area (Å²) in [6.45, 7) is 4.35. The molecule has 2 aliphatic rings. The Hall–Kier alpha value is -2.38. The van der Waals surface area contributed by atoms with E-state index in [0.717, 1.165) is 17.7 Å². The number of fused-ring (bicyclic) bond motifs is 1. The first kappa shape index (κ1) is 18.0. The van der Waals surface area contributed by atoms with Crippen molar-refractivity contribution in [2.45, 2.75) is 24.7 Å². The van der Waals surface area contributed by atoms with Crippen molar-refractivity contribution >= 4 is 27.3 Å². The lowest BCUT2D eigenvalue weighted by Crippen LogP contribution is -2.48. The predicted molar refractivity (Wildman–Crippen MR) is 106 cm³/mol. The summed E-state index contributed by atoms with van der Waals surface area (Å²) < 4.78 is 27.5. The number of rotatable bonds is 4. The highest BCUT2D eigenvalue weighted by Gasteiger charge is 2.30. The summed E-state index contributed by atoms with van der Waals surface area (Å²) >= 11 is 0. The van der Waals surface area contributed by atoms with E-state index >= 15 is 0 Å². The van der Waals surface area contributed by atoms with Gasteiger partial charge in [-0.3, -0.25) is 4.79 Å². The van der Waals surface area contributed by atoms with Gasteiger partial charge in [-0.1, -0.05) is 19.1 Å². The topological polar surface area (TPSA) is 69.7 Å². The molecule has 0 unspecified atom stereocenters. The molecule has 0 aromatic heterocycles. The van der Waals surface area contributed by atoms with Crippen LogP contribution in [0.1, 0.15) is 18.1 Å². The van der Waals surface area contributed by atoms with Crippen LogP contribution in [0.15, 0.2) is 47.4 Å². The number of benzene rings is 2. The minimum Gasteiger partial charge on any atom is -0.369 e. The zero-order chi connectivity index (χ0) is 19.0. The van der Waals surface area contributed by atoms with Gasteiger partial charge in [0.1, 0.15) is 0 Å². The smallest absolute Gasteiger partial charge is 0.243 e. The molecule has 2 aliphatic heterocycles. The van der Waals surface area contributed by atoms with Crippen LogP contribution in [-0.4, -0.2) is 44.8 Å². The van der Waals surface area contributed by atoms with E-state index in [1.165, 1.54) is 9.87 Å². The molecule has 1 fully saturated rings. The van der Waals surface area contributed by atoms with Gasteiger partial charge in [0, 0.05) is 37.6 Å². The Morgan fingerprint density at radius 2 is 1.70 bits per heavy atom. The van der Waals surface area contributed by atoms with Gasteiger partial charge in [0.05, 0.1) is 11.3 Å². The summed E-state index contributed by atoms with van der Waals surface area (Å²) in [5.41, 5.74) is 3.88. The Balaban J connectivity index is 1.47. The second-order valence-electron chi connectivity index (χ2n) is 6.96. The van der Waals surface area contributed by atoms with E-state index in [4.69, 9.17) is 0 Å². The van der Waals surface area contributed by atoms with Crippen LogP contribution in [0.4, 0.5) is 11.4 Å². The highest BCUT2D eigenvalue weighted by atomic mass is 32.2. The number of nitrogens with one attached hydrogen (secondary N) is 1. The van der Waals surface area contributed by atoms with Crippen molar-refractivity contribution in [1.29, 1.82) is 0 Å². The normalized spacial score (nSPS) is 17.7. The van der Waals surface area contributed by atoms with Crippen LogP contribution in [0.5, 0.6) is 0 Å². The molecule has 2 heterocycles. The van der Waals surface area contributed by atoms with E-state index in [1.54, 1.807) is 18.2 Å². The van der Waals surface area contributed by atoms with Gasteiger partial charge < -0.3 is 10.2 Å². The maximum Gasteiger partial charge on any atom is 0.243 e. The van der Waals surface area contributed by atoms with Crippen molar-refractivity contribution in [1.82, 2.24) is 4.31 Å². The zero-order valence-electron chi connectivity index (χ0n) is 15.3. The van der Waals surface area contributed by atoms with E-state index in [9.17, 15) is 13.2 Å². The van der Waals surface area contributed by atoms with Crippen molar-refractivity contribution in [3.05, 3.63) is 53.6 Å². The third kappa shape index (κ3) is 3.44. The van der Waals surface area contributed by atoms with Crippen LogP contribution in [0.2, 0.25) is 0 Å². The number of hydrogen-bond acceptors (Lipinski definition) is 4. The maximum atomic E-state index is 13.0. The van der Waals surface area contributed by atoms with Gasteiger partial charge in [0.25, 0.3) is 0 Å². The van der Waals surface area contributed by atoms with Gasteiger partial charge in [-0.15, -0.1) is 0 Å². The lowest BCUT2D eigenvalue weighted by atomic mass is 10.1. The highest BCUT2D eigenvalue weighted by molar-refractivity contribution is 7.89. The second kappa shape index (κ2) is 6.98. The molecule has 1 saturated heterocycles. The van der Waals surface area contributed by atoms with Gasteiger partial charge in [0.2, 0.25) is 15.9 Å². The largest absolute Gasteiger partial charge is 0.369 e. The first-order valence-electron chi connectivity index (χ1n) is 9.24. The maximum absolute atomic E-state index is 13.0. The van der Waals surface area contributed by atoms with Crippen LogP contribution in [0.25, 0.3) is 0 Å². The number of hydrogen-bond donors (Lipinski definition) is 1. The molecule has 1 N–H and O–H groups in total. The molecule has 4 rings (SSSR count). The van der Waals surface area contributed by atoms with Crippen molar-refractivity contribution in [2.24, 2.45) is 0 Å². The Morgan fingerprint density at radius 1 is 1.00 bits per heavy atom. The van der Waals surface area contributed by atoms with Gasteiger partial charge in [0.15, 0.2) is 0 Å². The number of piperazine rings is 1. The molecular weight excluding hydrogens is 362 g/mol. The van der Waals surface area contributed by atoms with E-state index in [1.807, 2.05) is 0 Å². The fourth-order valence-corrected chi connectivity index (χ4v) is 5.12. The van der Waals surface area contributed by atoms with Gasteiger partial charge in [-0.2, -0.15) is 4.31 Å². The summed E-state index contributed by atoms with van der Waals surface area (Å²) in [5.74, 6) is -0.0951. The van der Waals surface area contributed by atoms with Gasteiger partial charge in [-0.25, -0.2) is 8.42 Å². The molecule has 6 nitrogen and oxygen atoms in total. The van der Waals surface area contributed by atoms with Crippen LogP contribution >= 0.6 is 0 Å². The van der Waals surface area contributed by atoms with E-state index < -0.39 is 10.0 Å². The molecule has 2 aromatic carbocycles. The molecule has 142 valence electrons. The first-order chi connectivity index (χ1) is 13.0. The van der Waals surface area contributed by atoms with E-state index in [2.05, 4.69) is 41.4 Å². The van der Waals surface area contributed by atoms with Gasteiger partial charge in [-0.05, 0) is 47.9 Å². The van der Waals surface area contributed by atoms with Crippen molar-refractivity contribution in [3.63, 3.8) is 0 Å². The van der Waals surface area contributed by atoms with Crippen molar-refractivity contribution < 1.29 is 13.2 Å². The van der Waals surface area contributed by atoms with Crippen LogP contribution in [0.3, 0.4) is 0 Å². The highest BCUT2D eigenvalue weighted by Crippen LogP contribution is 2.28. The number of aryl methyl sites for hydroxylation is 1. The molecule has 0 bridgehead atoms. The molecule has 7 heteroatoms. The number of amides is 1. The van der Waals surface area contributed by atoms with E-state index in [-0.39, 0.29) is 17.2 Å². The molecule has 1 amide bonds. The average molecular weight is 385 g/mol. The second-order valence-corrected chi connectivity index (χ2v) is 8.89. The van der Waals surface area contributed by atoms with Crippen molar-refractivity contribution in [3.8, 4) is 0 Å². The third-order valence-corrected chi connectivity index (χ3v) is 7.18. The number of anilines is 2. The third-order valence-electron chi connectivity index (χ3n) is 5.29. The fraction of sp³-hybridized carbons (Fsp3) is 0.350. The average Bonchev–Trinajstić information content (AvgIpc) is 3.07. The lowest BCUT2D eigenvalue weighted by Gasteiger charge is -2.35. The summed E-state index contributed by atoms with van der Waals surface area (Å²) in [5, 5.41) is 2.73. The molecule has 2 aromatic rings. The predicted octanol–water partition coefficient (Wildman–Crippen LogP) is 2.25. The van der Waals surface area contributed by atoms with Gasteiger partial charge >= 0.3 is 0 Å². The minimum atomic E-state index is -3.55. The standard InChI is InChI=1S/C20H23N3O3S/c1-2-15-3-5-17(6-4-15)22-9-11-23(12-10-22)27(25,26)18-7-8-19-16(13-18)14-20(24)21-19/h3-8,13H,2,9-12,14H2,1H3,(H,21,24). The summed E-state index contributed by atoms with van der Waals surface area (Å²) in [7, 11) is -3.55. The summed E-state index contributed by atoms with van der Waals surface area (Å²) in [6.07, 6.45) is 1.24. The Kier molecular flexibility index (Phi) is 4.65. The number of carbonyl (C=O) groups excluding carboxylic acids is 1. The fourth-order valence-electron chi connectivity index (χ4n) is 3.64. The number of carbonyl (C=O) groups is 1. The molecule has 27 heavy (non-hydrogen) atoms. The lowest BCUT2D eigenvalue weighted by molar-refractivity contribution is -0.115. The minimum absolute atomic E-state index is 0.0951. The van der Waals surface area contributed by atoms with Crippen LogP contribution in [-0.2, 0) is 27.7 Å². The molecule has 0 aliphatic carbocycles. The molecule has 0 atom stereocenters. The number of sulfonamides is 1. The first-order valence-corrected chi connectivity index (χ1v) is 10.7. The molecule has 0 radical (unpaired) electrons.